The third-order valence-electron chi connectivity index (χ3n) is 7.05. The number of hydrogen-bond donors (Lipinski definition) is 2. The zero-order valence-electron chi connectivity index (χ0n) is 21.2. The highest BCUT2D eigenvalue weighted by Crippen LogP contribution is 2.43. The third-order valence-corrected chi connectivity index (χ3v) is 18.5. The Morgan fingerprint density at radius 1 is 1.03 bits per heavy atom. The van der Waals surface area contributed by atoms with Crippen molar-refractivity contribution in [2.24, 2.45) is 0 Å². The zero-order valence-corrected chi connectivity index (χ0v) is 23.2. The summed E-state index contributed by atoms with van der Waals surface area (Å²) in [5.41, 5.74) is -0.316. The molecule has 11 heteroatoms. The monoisotopic (exact) mass is 500 g/mol. The normalized spacial score (nSPS) is 22.4. The lowest BCUT2D eigenvalue weighted by molar-refractivity contribution is -0.130. The first-order chi connectivity index (χ1) is 15.2. The maximum absolute atomic E-state index is 12.7. The van der Waals surface area contributed by atoms with Crippen LogP contribution in [-0.4, -0.2) is 56.1 Å². The third kappa shape index (κ3) is 5.49. The molecule has 1 aliphatic heterocycles. The molecule has 9 nitrogen and oxygen atoms in total. The van der Waals surface area contributed by atoms with E-state index < -0.39 is 52.3 Å². The number of ether oxygens (including phenoxy) is 1. The van der Waals surface area contributed by atoms with E-state index >= 15 is 0 Å². The van der Waals surface area contributed by atoms with Gasteiger partial charge in [0.15, 0.2) is 8.32 Å². The fourth-order valence-electron chi connectivity index (χ4n) is 4.31. The lowest BCUT2D eigenvalue weighted by Gasteiger charge is -2.47. The van der Waals surface area contributed by atoms with Crippen molar-refractivity contribution < 1.29 is 23.2 Å². The van der Waals surface area contributed by atoms with Gasteiger partial charge in [-0.15, -0.1) is 0 Å². The summed E-state index contributed by atoms with van der Waals surface area (Å²) in [6.45, 7) is 19.4. The van der Waals surface area contributed by atoms with E-state index in [1.165, 1.54) is 6.20 Å². The number of carbonyl (C=O) groups is 1. The number of rotatable bonds is 10. The summed E-state index contributed by atoms with van der Waals surface area (Å²) in [5, 5.41) is 10.6. The molecule has 0 amide bonds. The fourth-order valence-corrected chi connectivity index (χ4v) is 14.8. The predicted molar refractivity (Wildman–Crippen MR) is 131 cm³/mol. The summed E-state index contributed by atoms with van der Waals surface area (Å²) in [4.78, 5) is 38.2. The van der Waals surface area contributed by atoms with Crippen molar-refractivity contribution in [1.29, 1.82) is 0 Å². The Kier molecular flexibility index (Phi) is 8.85. The molecule has 0 unspecified atom stereocenters. The van der Waals surface area contributed by atoms with Crippen molar-refractivity contribution in [2.45, 2.75) is 103 Å². The van der Waals surface area contributed by atoms with Crippen molar-refractivity contribution in [3.63, 3.8) is 0 Å². The number of nitrogens with zero attached hydrogens (tertiary/aromatic N) is 1. The molecule has 0 radical (unpaired) electrons. The molecule has 2 rings (SSSR count). The highest BCUT2D eigenvalue weighted by atomic mass is 28.4. The van der Waals surface area contributed by atoms with Gasteiger partial charge in [-0.2, -0.15) is 0 Å². The van der Waals surface area contributed by atoms with Gasteiger partial charge in [0.1, 0.15) is 12.2 Å². The van der Waals surface area contributed by atoms with Gasteiger partial charge in [0, 0.05) is 12.3 Å². The SMILES string of the molecule is CC(C)[Si](C)(O[Si](OC[C@H]1O[C@@H](n2ccc(=O)[nH]c2=O)C(=O)[C@@H]1O)(C(C)C)C(C)C)C(C)C. The number of Topliss-reactive ketones (excluding diaryl/α,β-unsaturated/α-hetero) is 1. The van der Waals surface area contributed by atoms with Gasteiger partial charge in [-0.25, -0.2) is 4.79 Å². The second-order valence-electron chi connectivity index (χ2n) is 10.3. The Labute approximate surface area is 197 Å². The molecule has 1 aromatic heterocycles. The number of hydrogen-bond acceptors (Lipinski definition) is 7. The van der Waals surface area contributed by atoms with Crippen molar-refractivity contribution in [3.8, 4) is 0 Å². The van der Waals surface area contributed by atoms with Crippen LogP contribution in [0.15, 0.2) is 21.9 Å². The van der Waals surface area contributed by atoms with Gasteiger partial charge >= 0.3 is 14.3 Å². The van der Waals surface area contributed by atoms with Crippen molar-refractivity contribution in [2.75, 3.05) is 6.61 Å². The van der Waals surface area contributed by atoms with Crippen molar-refractivity contribution in [3.05, 3.63) is 33.1 Å². The number of aliphatic hydroxyl groups is 1. The van der Waals surface area contributed by atoms with Crippen molar-refractivity contribution in [1.82, 2.24) is 9.55 Å². The molecule has 1 aromatic rings. The van der Waals surface area contributed by atoms with E-state index in [1.54, 1.807) is 0 Å². The zero-order chi connectivity index (χ0) is 25.3. The van der Waals surface area contributed by atoms with E-state index in [0.717, 1.165) is 10.6 Å². The Morgan fingerprint density at radius 3 is 2.03 bits per heavy atom. The molecule has 2 N–H and O–H groups in total. The van der Waals surface area contributed by atoms with Crippen LogP contribution < -0.4 is 11.2 Å². The first-order valence-corrected chi connectivity index (χ1v) is 16.2. The van der Waals surface area contributed by atoms with Gasteiger partial charge in [-0.05, 0) is 28.7 Å². The van der Waals surface area contributed by atoms with Gasteiger partial charge < -0.3 is 18.4 Å². The Bertz CT molecular complexity index is 925. The molecule has 0 aromatic carbocycles. The molecule has 1 fully saturated rings. The summed E-state index contributed by atoms with van der Waals surface area (Å²) in [6.07, 6.45) is -2.52. The molecule has 1 aliphatic rings. The van der Waals surface area contributed by atoms with Crippen LogP contribution in [0.25, 0.3) is 0 Å². The minimum atomic E-state index is -2.81. The van der Waals surface area contributed by atoms with Crippen LogP contribution in [0, 0.1) is 0 Å². The number of aromatic nitrogens is 2. The van der Waals surface area contributed by atoms with E-state index in [2.05, 4.69) is 66.9 Å². The first-order valence-electron chi connectivity index (χ1n) is 11.7. The molecule has 0 spiro atoms. The van der Waals surface area contributed by atoms with Crippen LogP contribution in [-0.2, 0) is 18.1 Å². The van der Waals surface area contributed by atoms with E-state index in [0.29, 0.717) is 11.1 Å². The lowest BCUT2D eigenvalue weighted by atomic mass is 10.1. The summed E-state index contributed by atoms with van der Waals surface area (Å²) < 4.78 is 20.4. The van der Waals surface area contributed by atoms with E-state index in [1.807, 2.05) is 0 Å². The molecule has 2 heterocycles. The van der Waals surface area contributed by atoms with Crippen LogP contribution in [0.2, 0.25) is 28.7 Å². The molecule has 3 atom stereocenters. The van der Waals surface area contributed by atoms with Gasteiger partial charge in [-0.3, -0.25) is 19.1 Å². The van der Waals surface area contributed by atoms with Gasteiger partial charge in [0.2, 0.25) is 12.0 Å². The minimum Gasteiger partial charge on any atom is -0.435 e. The number of nitrogens with one attached hydrogen (secondary N) is 1. The second kappa shape index (κ2) is 10.5. The molecule has 0 bridgehead atoms. The van der Waals surface area contributed by atoms with Crippen LogP contribution in [0.1, 0.15) is 61.6 Å². The fraction of sp³-hybridized carbons (Fsp3) is 0.773. The molecule has 33 heavy (non-hydrogen) atoms. The topological polar surface area (TPSA) is 120 Å². The smallest absolute Gasteiger partial charge is 0.333 e. The number of aromatic amines is 1. The second-order valence-corrected chi connectivity index (χ2v) is 19.9. The highest BCUT2D eigenvalue weighted by molar-refractivity contribution is 6.86. The predicted octanol–water partition coefficient (Wildman–Crippen LogP) is 3.05. The molecular weight excluding hydrogens is 460 g/mol. The lowest BCUT2D eigenvalue weighted by Crippen LogP contribution is -2.59. The Hall–Kier alpha value is -1.38. The standard InChI is InChI=1S/C22H40N2O7Si2/c1-13(2)32(9,14(3)4)31-33(15(5)6,16(7)8)29-12-17-19(26)20(27)21(30-17)24-11-10-18(25)23-22(24)28/h10-11,13-17,19,21,26H,12H2,1-9H3,(H,23,25,28)/t17-,19-,21-/m1/s1. The number of aliphatic hydroxyl groups excluding tert-OH is 1. The van der Waals surface area contributed by atoms with E-state index in [-0.39, 0.29) is 17.7 Å². The molecule has 0 aliphatic carbocycles. The summed E-state index contributed by atoms with van der Waals surface area (Å²) >= 11 is 0. The average molecular weight is 501 g/mol. The molecule has 0 saturated carbocycles. The summed E-state index contributed by atoms with van der Waals surface area (Å²) in [5.74, 6) is -0.649. The average Bonchev–Trinajstić information content (AvgIpc) is 2.98. The highest BCUT2D eigenvalue weighted by Gasteiger charge is 2.53. The van der Waals surface area contributed by atoms with Gasteiger partial charge in [0.05, 0.1) is 6.61 Å². The number of ketones is 1. The van der Waals surface area contributed by atoms with Crippen LogP contribution >= 0.6 is 0 Å². The van der Waals surface area contributed by atoms with Crippen LogP contribution in [0.5, 0.6) is 0 Å². The Morgan fingerprint density at radius 2 is 1.58 bits per heavy atom. The maximum Gasteiger partial charge on any atom is 0.333 e. The number of H-pyrrole nitrogens is 1. The Balaban J connectivity index is 2.31. The quantitative estimate of drug-likeness (QED) is 0.474. The van der Waals surface area contributed by atoms with E-state index in [9.17, 15) is 19.5 Å². The van der Waals surface area contributed by atoms with Crippen LogP contribution in [0.3, 0.4) is 0 Å². The van der Waals surface area contributed by atoms with Crippen LogP contribution in [0.4, 0.5) is 0 Å². The number of carbonyl (C=O) groups excluding carboxylic acids is 1. The summed E-state index contributed by atoms with van der Waals surface area (Å²) in [7, 11) is -4.97. The first kappa shape index (κ1) is 27.9. The van der Waals surface area contributed by atoms with E-state index in [4.69, 9.17) is 13.3 Å². The van der Waals surface area contributed by atoms with Gasteiger partial charge in [0.25, 0.3) is 5.56 Å². The minimum absolute atomic E-state index is 0.0231. The largest absolute Gasteiger partial charge is 0.435 e. The molecule has 188 valence electrons. The van der Waals surface area contributed by atoms with Gasteiger partial charge in [-0.1, -0.05) is 55.4 Å². The molecular formula is C22H40N2O7Si2. The molecule has 1 saturated heterocycles. The summed E-state index contributed by atoms with van der Waals surface area (Å²) in [6, 6.07) is 1.13. The van der Waals surface area contributed by atoms with Crippen molar-refractivity contribution >= 4 is 22.7 Å². The maximum atomic E-state index is 12.7.